The van der Waals surface area contributed by atoms with Crippen LogP contribution >= 0.6 is 0 Å². The number of imidazole rings is 1. The first-order valence-corrected chi connectivity index (χ1v) is 6.55. The molecule has 0 atom stereocenters. The molecule has 20 heavy (non-hydrogen) atoms. The number of aldehydes is 1. The minimum absolute atomic E-state index is 0.348. The van der Waals surface area contributed by atoms with Crippen LogP contribution in [0.1, 0.15) is 34.9 Å². The maximum absolute atomic E-state index is 10.8. The lowest BCUT2D eigenvalue weighted by molar-refractivity contribution is 0.112. The summed E-state index contributed by atoms with van der Waals surface area (Å²) < 4.78 is 1.56. The minimum atomic E-state index is 0.348. The van der Waals surface area contributed by atoms with Crippen molar-refractivity contribution < 1.29 is 4.79 Å². The summed E-state index contributed by atoms with van der Waals surface area (Å²) in [6, 6.07) is 5.79. The Balaban J connectivity index is 1.82. The van der Waals surface area contributed by atoms with Crippen LogP contribution in [0.4, 0.5) is 5.82 Å². The number of carbonyl (C=O) groups is 1. The molecule has 0 spiro atoms. The van der Waals surface area contributed by atoms with Crippen LogP contribution in [0, 0.1) is 0 Å². The van der Waals surface area contributed by atoms with Crippen LogP contribution in [0.3, 0.4) is 0 Å². The number of carbonyl (C=O) groups excluding carboxylic acids is 1. The summed E-state index contributed by atoms with van der Waals surface area (Å²) in [5.74, 6) is 1.99. The third kappa shape index (κ3) is 1.61. The van der Waals surface area contributed by atoms with Crippen molar-refractivity contribution in [1.29, 1.82) is 0 Å². The first kappa shape index (κ1) is 11.2. The number of nitrogens with two attached hydrogens (primary N) is 1. The highest BCUT2D eigenvalue weighted by atomic mass is 16.1. The Labute approximate surface area is 114 Å². The van der Waals surface area contributed by atoms with E-state index in [1.165, 1.54) is 19.0 Å². The van der Waals surface area contributed by atoms with Crippen molar-refractivity contribution in [2.24, 2.45) is 0 Å². The number of aromatic amines is 1. The number of nitrogens with zero attached hydrogens (tertiary/aromatic N) is 3. The van der Waals surface area contributed by atoms with Crippen LogP contribution in [0.2, 0.25) is 0 Å². The van der Waals surface area contributed by atoms with Crippen molar-refractivity contribution >= 4 is 23.1 Å². The van der Waals surface area contributed by atoms with E-state index >= 15 is 0 Å². The fourth-order valence-electron chi connectivity index (χ4n) is 2.37. The van der Waals surface area contributed by atoms with E-state index in [2.05, 4.69) is 15.1 Å². The smallest absolute Gasteiger partial charge is 0.155 e. The fourth-order valence-corrected chi connectivity index (χ4v) is 2.37. The molecular formula is C14H13N5O. The third-order valence-electron chi connectivity index (χ3n) is 3.66. The summed E-state index contributed by atoms with van der Waals surface area (Å²) in [5.41, 5.74) is 9.01. The van der Waals surface area contributed by atoms with Crippen molar-refractivity contribution in [3.8, 4) is 5.69 Å². The highest BCUT2D eigenvalue weighted by Crippen LogP contribution is 2.39. The third-order valence-corrected chi connectivity index (χ3v) is 3.66. The Morgan fingerprint density at radius 3 is 2.95 bits per heavy atom. The van der Waals surface area contributed by atoms with Crippen LogP contribution in [-0.4, -0.2) is 26.0 Å². The number of benzene rings is 1. The van der Waals surface area contributed by atoms with Gasteiger partial charge in [0.1, 0.15) is 11.6 Å². The zero-order valence-electron chi connectivity index (χ0n) is 10.7. The molecule has 1 aliphatic carbocycles. The number of nitrogen functional groups attached to an aromatic ring is 1. The first-order chi connectivity index (χ1) is 9.76. The largest absolute Gasteiger partial charge is 0.383 e. The van der Waals surface area contributed by atoms with E-state index in [4.69, 9.17) is 5.73 Å². The van der Waals surface area contributed by atoms with Gasteiger partial charge in [0.05, 0.1) is 28.5 Å². The second-order valence-corrected chi connectivity index (χ2v) is 5.11. The summed E-state index contributed by atoms with van der Waals surface area (Å²) in [4.78, 5) is 18.7. The molecule has 1 aliphatic rings. The number of hydrogen-bond acceptors (Lipinski definition) is 4. The molecular weight excluding hydrogens is 254 g/mol. The average molecular weight is 267 g/mol. The van der Waals surface area contributed by atoms with Crippen LogP contribution < -0.4 is 5.73 Å². The Hall–Kier alpha value is -2.63. The van der Waals surface area contributed by atoms with Gasteiger partial charge >= 0.3 is 0 Å². The van der Waals surface area contributed by atoms with Crippen LogP contribution in [0.25, 0.3) is 16.7 Å². The molecule has 0 bridgehead atoms. The Kier molecular flexibility index (Phi) is 2.20. The first-order valence-electron chi connectivity index (χ1n) is 6.55. The molecule has 6 nitrogen and oxygen atoms in total. The number of anilines is 1. The number of H-pyrrole nitrogens is 1. The van der Waals surface area contributed by atoms with Gasteiger partial charge < -0.3 is 10.7 Å². The molecule has 1 saturated carbocycles. The zero-order valence-corrected chi connectivity index (χ0v) is 10.7. The van der Waals surface area contributed by atoms with Gasteiger partial charge in [-0.05, 0) is 31.0 Å². The quantitative estimate of drug-likeness (QED) is 0.710. The lowest BCUT2D eigenvalue weighted by atomic mass is 10.2. The lowest BCUT2D eigenvalue weighted by Crippen LogP contribution is -2.02. The minimum Gasteiger partial charge on any atom is -0.383 e. The van der Waals surface area contributed by atoms with Gasteiger partial charge in [0.25, 0.3) is 0 Å². The number of aromatic nitrogens is 4. The summed E-state index contributed by atoms with van der Waals surface area (Å²) in [6.07, 6.45) is 4.59. The Morgan fingerprint density at radius 1 is 1.40 bits per heavy atom. The molecule has 2 aromatic heterocycles. The van der Waals surface area contributed by atoms with Gasteiger partial charge in [0.15, 0.2) is 6.29 Å². The highest BCUT2D eigenvalue weighted by Gasteiger charge is 2.26. The van der Waals surface area contributed by atoms with Crippen LogP contribution in [-0.2, 0) is 0 Å². The predicted molar refractivity (Wildman–Crippen MR) is 75.0 cm³/mol. The Morgan fingerprint density at radius 2 is 2.25 bits per heavy atom. The molecule has 0 saturated heterocycles. The molecule has 0 aliphatic heterocycles. The van der Waals surface area contributed by atoms with E-state index in [0.717, 1.165) is 22.5 Å². The van der Waals surface area contributed by atoms with E-state index in [9.17, 15) is 4.79 Å². The summed E-state index contributed by atoms with van der Waals surface area (Å²) in [7, 11) is 0. The fraction of sp³-hybridized carbons (Fsp3) is 0.214. The molecule has 0 amide bonds. The molecule has 0 unspecified atom stereocenters. The van der Waals surface area contributed by atoms with Gasteiger partial charge in [-0.25, -0.2) is 9.67 Å². The average Bonchev–Trinajstić information content (AvgIpc) is 3.12. The second kappa shape index (κ2) is 3.93. The van der Waals surface area contributed by atoms with Crippen molar-refractivity contribution in [1.82, 2.24) is 19.7 Å². The molecule has 0 radical (unpaired) electrons. The van der Waals surface area contributed by atoms with Gasteiger partial charge in [0.2, 0.25) is 0 Å². The topological polar surface area (TPSA) is 89.6 Å². The normalized spacial score (nSPS) is 14.8. The van der Waals surface area contributed by atoms with E-state index in [-0.39, 0.29) is 0 Å². The van der Waals surface area contributed by atoms with Crippen molar-refractivity contribution in [3.05, 3.63) is 35.8 Å². The zero-order chi connectivity index (χ0) is 13.7. The summed E-state index contributed by atoms with van der Waals surface area (Å²) >= 11 is 0. The van der Waals surface area contributed by atoms with E-state index in [0.29, 0.717) is 23.6 Å². The van der Waals surface area contributed by atoms with Gasteiger partial charge in [-0.3, -0.25) is 4.79 Å². The molecule has 3 aromatic rings. The molecule has 2 heterocycles. The van der Waals surface area contributed by atoms with E-state index in [1.807, 2.05) is 18.2 Å². The Bertz CT molecular complexity index is 812. The van der Waals surface area contributed by atoms with Crippen LogP contribution in [0.5, 0.6) is 0 Å². The van der Waals surface area contributed by atoms with Crippen LogP contribution in [0.15, 0.2) is 24.4 Å². The molecule has 4 rings (SSSR count). The standard InChI is InChI=1S/C14H13N5O/c15-13-9(7-20)6-16-19(13)10-3-4-11-12(5-10)18-14(17-11)8-1-2-8/h3-8H,1-2,15H2,(H,17,18). The number of hydrogen-bond donors (Lipinski definition) is 2. The van der Waals surface area contributed by atoms with E-state index in [1.54, 1.807) is 4.68 Å². The maximum Gasteiger partial charge on any atom is 0.155 e. The molecule has 1 aromatic carbocycles. The van der Waals surface area contributed by atoms with Crippen molar-refractivity contribution in [3.63, 3.8) is 0 Å². The van der Waals surface area contributed by atoms with Gasteiger partial charge in [-0.15, -0.1) is 0 Å². The number of nitrogens with one attached hydrogen (secondary N) is 1. The van der Waals surface area contributed by atoms with E-state index < -0.39 is 0 Å². The monoisotopic (exact) mass is 267 g/mol. The summed E-state index contributed by atoms with van der Waals surface area (Å²) in [6.45, 7) is 0. The molecule has 6 heteroatoms. The SMILES string of the molecule is Nc1c(C=O)cnn1-c1ccc2nc(C3CC3)[nH]c2c1. The predicted octanol–water partition coefficient (Wildman–Crippen LogP) is 2.02. The van der Waals surface area contributed by atoms with Gasteiger partial charge in [-0.1, -0.05) is 0 Å². The van der Waals surface area contributed by atoms with Crippen molar-refractivity contribution in [2.45, 2.75) is 18.8 Å². The summed E-state index contributed by atoms with van der Waals surface area (Å²) in [5, 5.41) is 4.14. The van der Waals surface area contributed by atoms with Gasteiger partial charge in [-0.2, -0.15) is 5.10 Å². The number of fused-ring (bicyclic) bond motifs is 1. The lowest BCUT2D eigenvalue weighted by Gasteiger charge is -2.03. The van der Waals surface area contributed by atoms with Crippen molar-refractivity contribution in [2.75, 3.05) is 5.73 Å². The number of rotatable bonds is 3. The van der Waals surface area contributed by atoms with Gasteiger partial charge in [0, 0.05) is 5.92 Å². The molecule has 3 N–H and O–H groups in total. The molecule has 1 fully saturated rings. The second-order valence-electron chi connectivity index (χ2n) is 5.11. The highest BCUT2D eigenvalue weighted by molar-refractivity contribution is 5.83. The molecule has 100 valence electrons. The maximum atomic E-state index is 10.8.